The molecule has 2 unspecified atom stereocenters. The van der Waals surface area contributed by atoms with Crippen molar-refractivity contribution in [3.8, 4) is 0 Å². The van der Waals surface area contributed by atoms with Crippen LogP contribution >= 0.6 is 0 Å². The summed E-state index contributed by atoms with van der Waals surface area (Å²) in [4.78, 5) is 10.8. The Bertz CT molecular complexity index is 256. The van der Waals surface area contributed by atoms with Crippen LogP contribution in [0.15, 0.2) is 24.0 Å². The van der Waals surface area contributed by atoms with Gasteiger partial charge in [0.05, 0.1) is 13.2 Å². The van der Waals surface area contributed by atoms with Crippen molar-refractivity contribution in [3.63, 3.8) is 0 Å². The zero-order valence-corrected chi connectivity index (χ0v) is 8.20. The number of methoxy groups -OCH3 is 1. The summed E-state index contributed by atoms with van der Waals surface area (Å²) in [7, 11) is 1.62. The molecule has 0 fully saturated rings. The number of allylic oxidation sites excluding steroid dienone is 1. The largest absolute Gasteiger partial charge is 0.497 e. The third-order valence-corrected chi connectivity index (χ3v) is 2.08. The zero-order chi connectivity index (χ0) is 9.84. The molecule has 1 amide bonds. The number of hydrogen-bond acceptors (Lipinski definition) is 2. The number of amides is 1. The van der Waals surface area contributed by atoms with Crippen LogP contribution in [0.25, 0.3) is 0 Å². The second-order valence-electron chi connectivity index (χ2n) is 3.22. The van der Waals surface area contributed by atoms with Gasteiger partial charge in [-0.3, -0.25) is 4.79 Å². The highest BCUT2D eigenvalue weighted by Crippen LogP contribution is 2.16. The van der Waals surface area contributed by atoms with Gasteiger partial charge in [-0.15, -0.1) is 0 Å². The van der Waals surface area contributed by atoms with Gasteiger partial charge < -0.3 is 10.1 Å². The molecular weight excluding hydrogens is 166 g/mol. The minimum absolute atomic E-state index is 0.0150. The smallest absolute Gasteiger partial charge is 0.217 e. The first-order valence-electron chi connectivity index (χ1n) is 4.34. The van der Waals surface area contributed by atoms with E-state index >= 15 is 0 Å². The Morgan fingerprint density at radius 2 is 2.31 bits per heavy atom. The van der Waals surface area contributed by atoms with Crippen molar-refractivity contribution in [2.75, 3.05) is 7.11 Å². The maximum absolute atomic E-state index is 10.8. The average molecular weight is 181 g/mol. The first-order valence-corrected chi connectivity index (χ1v) is 4.34. The normalized spacial score (nSPS) is 26.5. The predicted octanol–water partition coefficient (Wildman–Crippen LogP) is 1.23. The molecular formula is C10H15NO2. The molecule has 0 spiro atoms. The van der Waals surface area contributed by atoms with Gasteiger partial charge >= 0.3 is 0 Å². The first kappa shape index (κ1) is 9.84. The molecule has 0 aliphatic heterocycles. The fraction of sp³-hybridized carbons (Fsp3) is 0.500. The molecule has 0 heterocycles. The number of nitrogens with one attached hydrogen (secondary N) is 1. The lowest BCUT2D eigenvalue weighted by molar-refractivity contribution is -0.119. The summed E-state index contributed by atoms with van der Waals surface area (Å²) in [5, 5.41) is 2.85. The third-order valence-electron chi connectivity index (χ3n) is 2.08. The molecule has 0 saturated heterocycles. The Labute approximate surface area is 78.5 Å². The standard InChI is InChI=1S/C10H15NO2/c1-7-4-5-9(13-3)6-10(7)11-8(2)12/h4-7,10H,1-3H3,(H,11,12). The second-order valence-corrected chi connectivity index (χ2v) is 3.22. The van der Waals surface area contributed by atoms with E-state index < -0.39 is 0 Å². The lowest BCUT2D eigenvalue weighted by atomic mass is 9.96. The van der Waals surface area contributed by atoms with Crippen molar-refractivity contribution in [1.29, 1.82) is 0 Å². The van der Waals surface area contributed by atoms with Crippen LogP contribution in [-0.4, -0.2) is 19.1 Å². The quantitative estimate of drug-likeness (QED) is 0.695. The molecule has 0 aromatic rings. The number of hydrogen-bond donors (Lipinski definition) is 1. The van der Waals surface area contributed by atoms with Gasteiger partial charge in [-0.05, 0) is 18.1 Å². The minimum Gasteiger partial charge on any atom is -0.497 e. The van der Waals surface area contributed by atoms with E-state index in [1.807, 2.05) is 18.2 Å². The fourth-order valence-electron chi connectivity index (χ4n) is 1.29. The number of ether oxygens (including phenoxy) is 1. The molecule has 2 atom stereocenters. The van der Waals surface area contributed by atoms with Crippen molar-refractivity contribution in [1.82, 2.24) is 5.32 Å². The van der Waals surface area contributed by atoms with Crippen molar-refractivity contribution in [3.05, 3.63) is 24.0 Å². The number of carbonyl (C=O) groups is 1. The van der Waals surface area contributed by atoms with Gasteiger partial charge in [-0.25, -0.2) is 0 Å². The molecule has 1 rings (SSSR count). The summed E-state index contributed by atoms with van der Waals surface area (Å²) in [5.41, 5.74) is 0. The molecule has 72 valence electrons. The van der Waals surface area contributed by atoms with Gasteiger partial charge in [0, 0.05) is 6.92 Å². The molecule has 1 aliphatic rings. The van der Waals surface area contributed by atoms with Crippen LogP contribution in [0.5, 0.6) is 0 Å². The van der Waals surface area contributed by atoms with Crippen LogP contribution in [-0.2, 0) is 9.53 Å². The molecule has 0 saturated carbocycles. The maximum Gasteiger partial charge on any atom is 0.217 e. The third kappa shape index (κ3) is 2.61. The van der Waals surface area contributed by atoms with Crippen LogP contribution in [0.2, 0.25) is 0 Å². The van der Waals surface area contributed by atoms with Crippen molar-refractivity contribution in [2.24, 2.45) is 5.92 Å². The van der Waals surface area contributed by atoms with E-state index in [4.69, 9.17) is 4.74 Å². The van der Waals surface area contributed by atoms with Crippen LogP contribution in [0.1, 0.15) is 13.8 Å². The van der Waals surface area contributed by atoms with E-state index in [-0.39, 0.29) is 11.9 Å². The van der Waals surface area contributed by atoms with E-state index in [0.29, 0.717) is 5.92 Å². The van der Waals surface area contributed by atoms with E-state index in [1.54, 1.807) is 7.11 Å². The lowest BCUT2D eigenvalue weighted by Gasteiger charge is -2.22. The van der Waals surface area contributed by atoms with Gasteiger partial charge in [0.15, 0.2) is 0 Å². The van der Waals surface area contributed by atoms with Crippen molar-refractivity contribution >= 4 is 5.91 Å². The van der Waals surface area contributed by atoms with E-state index in [9.17, 15) is 4.79 Å². The van der Waals surface area contributed by atoms with Crippen LogP contribution in [0.4, 0.5) is 0 Å². The van der Waals surface area contributed by atoms with Crippen LogP contribution in [0, 0.1) is 5.92 Å². The molecule has 0 radical (unpaired) electrons. The van der Waals surface area contributed by atoms with Gasteiger partial charge in [0.2, 0.25) is 5.91 Å². The van der Waals surface area contributed by atoms with E-state index in [0.717, 1.165) is 5.76 Å². The van der Waals surface area contributed by atoms with E-state index in [2.05, 4.69) is 12.2 Å². The first-order chi connectivity index (χ1) is 6.13. The Kier molecular flexibility index (Phi) is 3.12. The summed E-state index contributed by atoms with van der Waals surface area (Å²) in [6.07, 6.45) is 5.87. The molecule has 0 aromatic carbocycles. The van der Waals surface area contributed by atoms with E-state index in [1.165, 1.54) is 6.92 Å². The highest BCUT2D eigenvalue weighted by atomic mass is 16.5. The SMILES string of the molecule is COC1=CC(NC(C)=O)C(C)C=C1. The average Bonchev–Trinajstić information content (AvgIpc) is 2.08. The zero-order valence-electron chi connectivity index (χ0n) is 8.20. The Balaban J connectivity index is 2.67. The van der Waals surface area contributed by atoms with Crippen molar-refractivity contribution in [2.45, 2.75) is 19.9 Å². The maximum atomic E-state index is 10.8. The lowest BCUT2D eigenvalue weighted by Crippen LogP contribution is -2.37. The molecule has 1 aliphatic carbocycles. The summed E-state index contributed by atoms with van der Waals surface area (Å²) in [6.45, 7) is 3.57. The molecule has 3 heteroatoms. The Morgan fingerprint density at radius 1 is 1.62 bits per heavy atom. The predicted molar refractivity (Wildman–Crippen MR) is 51.0 cm³/mol. The Morgan fingerprint density at radius 3 is 2.85 bits per heavy atom. The second kappa shape index (κ2) is 4.12. The summed E-state index contributed by atoms with van der Waals surface area (Å²) < 4.78 is 5.07. The van der Waals surface area contributed by atoms with Crippen LogP contribution < -0.4 is 5.32 Å². The number of rotatable bonds is 2. The monoisotopic (exact) mass is 181 g/mol. The molecule has 0 bridgehead atoms. The highest BCUT2D eigenvalue weighted by Gasteiger charge is 2.17. The molecule has 13 heavy (non-hydrogen) atoms. The molecule has 1 N–H and O–H groups in total. The summed E-state index contributed by atoms with van der Waals surface area (Å²) in [5.74, 6) is 1.11. The van der Waals surface area contributed by atoms with Gasteiger partial charge in [-0.2, -0.15) is 0 Å². The fourth-order valence-corrected chi connectivity index (χ4v) is 1.29. The van der Waals surface area contributed by atoms with Crippen molar-refractivity contribution < 1.29 is 9.53 Å². The molecule has 3 nitrogen and oxygen atoms in total. The summed E-state index contributed by atoms with van der Waals surface area (Å²) >= 11 is 0. The minimum atomic E-state index is -0.0150. The topological polar surface area (TPSA) is 38.3 Å². The number of carbonyl (C=O) groups excluding carboxylic acids is 1. The van der Waals surface area contributed by atoms with Gasteiger partial charge in [0.1, 0.15) is 5.76 Å². The summed E-state index contributed by atoms with van der Waals surface area (Å²) in [6, 6.07) is 0.0532. The molecule has 0 aromatic heterocycles. The van der Waals surface area contributed by atoms with Crippen LogP contribution in [0.3, 0.4) is 0 Å². The van der Waals surface area contributed by atoms with Gasteiger partial charge in [-0.1, -0.05) is 13.0 Å². The Hall–Kier alpha value is -1.25. The van der Waals surface area contributed by atoms with Gasteiger partial charge in [0.25, 0.3) is 0 Å². The highest BCUT2D eigenvalue weighted by molar-refractivity contribution is 5.73.